The van der Waals surface area contributed by atoms with E-state index in [1.807, 2.05) is 0 Å². The summed E-state index contributed by atoms with van der Waals surface area (Å²) in [6, 6.07) is 0. The maximum absolute atomic E-state index is 0. The van der Waals surface area contributed by atoms with E-state index in [0.29, 0.717) is 0 Å². The van der Waals surface area contributed by atoms with Crippen molar-refractivity contribution in [3.05, 3.63) is 0 Å². The number of hydrogen-bond acceptors (Lipinski definition) is 0. The van der Waals surface area contributed by atoms with Crippen LogP contribution in [0.1, 0.15) is 2.85 Å². The Hall–Kier alpha value is 3.66. The molecule has 0 saturated heterocycles. The zero-order valence-electron chi connectivity index (χ0n) is 4.95. The summed E-state index contributed by atoms with van der Waals surface area (Å²) in [5.41, 5.74) is 0. The summed E-state index contributed by atoms with van der Waals surface area (Å²) >= 11 is 0. The van der Waals surface area contributed by atoms with Crippen molar-refractivity contribution < 1.29 is 95.3 Å². The summed E-state index contributed by atoms with van der Waals surface area (Å²) < 4.78 is 0. The molecule has 0 unspecified atom stereocenters. The fraction of sp³-hybridized carbons (Fsp3) is 0. The third-order valence-corrected chi connectivity index (χ3v) is 0. The maximum Gasteiger partial charge on any atom is 2.00 e. The smallest absolute Gasteiger partial charge is 1.00 e. The van der Waals surface area contributed by atoms with E-state index in [2.05, 4.69) is 0 Å². The molecule has 0 aromatic heterocycles. The second kappa shape index (κ2) is 37.9. The van der Waals surface area contributed by atoms with Crippen LogP contribution in [-0.4, -0.2) is 23.1 Å². The van der Waals surface area contributed by atoms with Crippen molar-refractivity contribution in [3.63, 3.8) is 0 Å². The molecule has 0 N–H and O–H groups in total. The van der Waals surface area contributed by atoms with Gasteiger partial charge in [-0.3, -0.25) is 0 Å². The molecule has 0 saturated carbocycles. The van der Waals surface area contributed by atoms with E-state index in [0.717, 1.165) is 0 Å². The SMILES string of the molecule is [Cu].[Fe].[H-].[H-].[Mg+2].[Mn].[Ti].[Zn]. The van der Waals surface area contributed by atoms with Gasteiger partial charge in [0.25, 0.3) is 0 Å². The van der Waals surface area contributed by atoms with E-state index in [-0.39, 0.29) is 118 Å². The molecule has 0 rings (SSSR count). The summed E-state index contributed by atoms with van der Waals surface area (Å²) in [7, 11) is 0. The second-order valence-corrected chi connectivity index (χ2v) is 0. The number of hydrogen-bond donors (Lipinski definition) is 0. The average molecular weight is 314 g/mol. The Morgan fingerprint density at radius 3 is 1.17 bits per heavy atom. The molecular weight excluding hydrogens is 312 g/mol. The Labute approximate surface area is 116 Å². The minimum Gasteiger partial charge on any atom is -1.00 e. The third kappa shape index (κ3) is 25.4. The molecule has 0 aliphatic rings. The van der Waals surface area contributed by atoms with E-state index in [4.69, 9.17) is 0 Å². The van der Waals surface area contributed by atoms with Crippen molar-refractivity contribution in [3.8, 4) is 0 Å². The van der Waals surface area contributed by atoms with Crippen LogP contribution < -0.4 is 0 Å². The van der Waals surface area contributed by atoms with Crippen LogP contribution in [0.3, 0.4) is 0 Å². The summed E-state index contributed by atoms with van der Waals surface area (Å²) in [6.07, 6.45) is 0. The molecule has 0 atom stereocenters. The molecule has 0 aliphatic heterocycles. The first-order valence-electron chi connectivity index (χ1n) is 0. The third-order valence-electron chi connectivity index (χ3n) is 0. The Kier molecular flexibility index (Phi) is 342. The van der Waals surface area contributed by atoms with Crippen molar-refractivity contribution in [2.75, 3.05) is 0 Å². The molecular formula is H2CuFeMgMnTiZn. The fourth-order valence-corrected chi connectivity index (χ4v) is 0. The van der Waals surface area contributed by atoms with Crippen molar-refractivity contribution in [1.82, 2.24) is 0 Å². The van der Waals surface area contributed by atoms with Gasteiger partial charge in [0.05, 0.1) is 0 Å². The van der Waals surface area contributed by atoms with Gasteiger partial charge < -0.3 is 2.85 Å². The normalized spacial score (nSPS) is 0. The van der Waals surface area contributed by atoms with Crippen LogP contribution in [0.15, 0.2) is 0 Å². The molecule has 0 amide bonds. The zero-order chi connectivity index (χ0) is 0. The molecule has 0 fully saturated rings. The monoisotopic (exact) mass is 312 g/mol. The minimum atomic E-state index is 0. The van der Waals surface area contributed by atoms with E-state index in [1.165, 1.54) is 0 Å². The molecule has 6 heteroatoms. The van der Waals surface area contributed by atoms with Crippen LogP contribution in [0.2, 0.25) is 0 Å². The van der Waals surface area contributed by atoms with Crippen molar-refractivity contribution >= 4 is 23.1 Å². The standard InChI is InChI=1S/Cu.Fe.Mg.Mn.Ti.Zn.2H/q;;+2;;;;2*-1. The summed E-state index contributed by atoms with van der Waals surface area (Å²) in [5, 5.41) is 0. The zero-order valence-corrected chi connectivity index (χ0v) is 12.1. The first-order valence-corrected chi connectivity index (χ1v) is 0. The van der Waals surface area contributed by atoms with Gasteiger partial charge in [-0.15, -0.1) is 0 Å². The summed E-state index contributed by atoms with van der Waals surface area (Å²) in [6.45, 7) is 0. The van der Waals surface area contributed by atoms with Gasteiger partial charge in [0.15, 0.2) is 0 Å². The quantitative estimate of drug-likeness (QED) is 0.545. The summed E-state index contributed by atoms with van der Waals surface area (Å²) in [4.78, 5) is 0. The van der Waals surface area contributed by atoms with E-state index in [1.54, 1.807) is 0 Å². The maximum atomic E-state index is 0. The average Bonchev–Trinajstić information content (AvgIpc) is 0. The molecule has 36 valence electrons. The topological polar surface area (TPSA) is 0 Å². The minimum absolute atomic E-state index is 0. The first kappa shape index (κ1) is 54.1. The van der Waals surface area contributed by atoms with Crippen molar-refractivity contribution in [2.45, 2.75) is 0 Å². The van der Waals surface area contributed by atoms with Crippen LogP contribution in [0.25, 0.3) is 0 Å². The Morgan fingerprint density at radius 2 is 1.17 bits per heavy atom. The largest absolute Gasteiger partial charge is 2.00 e. The molecule has 0 aliphatic carbocycles. The van der Waals surface area contributed by atoms with Gasteiger partial charge in [0.1, 0.15) is 0 Å². The summed E-state index contributed by atoms with van der Waals surface area (Å²) in [5.74, 6) is 0. The van der Waals surface area contributed by atoms with Gasteiger partial charge in [-0.2, -0.15) is 0 Å². The Bertz CT molecular complexity index is 22.0. The predicted molar refractivity (Wildman–Crippen MR) is 7.98 cm³/mol. The van der Waals surface area contributed by atoms with Crippen molar-refractivity contribution in [2.24, 2.45) is 0 Å². The molecule has 0 aromatic carbocycles. The molecule has 0 nitrogen and oxygen atoms in total. The molecule has 2 radical (unpaired) electrons. The van der Waals surface area contributed by atoms with Crippen LogP contribution in [0.5, 0.6) is 0 Å². The van der Waals surface area contributed by atoms with Gasteiger partial charge in [-0.25, -0.2) is 0 Å². The number of rotatable bonds is 0. The van der Waals surface area contributed by atoms with Crippen LogP contribution in [0.4, 0.5) is 0 Å². The van der Waals surface area contributed by atoms with Gasteiger partial charge in [0.2, 0.25) is 0 Å². The van der Waals surface area contributed by atoms with E-state index < -0.39 is 0 Å². The van der Waals surface area contributed by atoms with E-state index >= 15 is 0 Å². The first-order chi connectivity index (χ1) is 0. The predicted octanol–water partition coefficient (Wildman–Crippen LogP) is -0.168. The van der Waals surface area contributed by atoms with Crippen LogP contribution in [-0.2, 0) is 92.4 Å². The van der Waals surface area contributed by atoms with Gasteiger partial charge in [-0.05, 0) is 0 Å². The molecule has 0 bridgehead atoms. The molecule has 0 heterocycles. The van der Waals surface area contributed by atoms with Crippen molar-refractivity contribution in [1.29, 1.82) is 0 Å². The van der Waals surface area contributed by atoms with E-state index in [9.17, 15) is 0 Å². The van der Waals surface area contributed by atoms with Crippen LogP contribution >= 0.6 is 0 Å². The van der Waals surface area contributed by atoms with Gasteiger partial charge in [-0.1, -0.05) is 0 Å². The molecule has 6 heavy (non-hydrogen) atoms. The Balaban J connectivity index is 0. The Morgan fingerprint density at radius 1 is 1.17 bits per heavy atom. The molecule has 0 aromatic rings. The van der Waals surface area contributed by atoms with Crippen LogP contribution in [0, 0.1) is 0 Å². The fourth-order valence-electron chi connectivity index (χ4n) is 0. The molecule has 0 spiro atoms. The van der Waals surface area contributed by atoms with Gasteiger partial charge >= 0.3 is 23.1 Å². The van der Waals surface area contributed by atoms with Gasteiger partial charge in [0, 0.05) is 92.4 Å². The second-order valence-electron chi connectivity index (χ2n) is 0.